The molecule has 1 spiro atoms. The molecular weight excluding hydrogens is 662 g/mol. The molecular formula is C37H34F2N6O6. The van der Waals surface area contributed by atoms with Crippen LogP contribution in [0.3, 0.4) is 0 Å². The third-order valence-electron chi connectivity index (χ3n) is 9.84. The zero-order chi connectivity index (χ0) is 35.4. The molecule has 0 unspecified atom stereocenters. The molecule has 0 aliphatic carbocycles. The summed E-state index contributed by atoms with van der Waals surface area (Å²) in [6, 6.07) is 9.59. The van der Waals surface area contributed by atoms with Crippen molar-refractivity contribution in [3.63, 3.8) is 0 Å². The quantitative estimate of drug-likeness (QED) is 0.233. The number of alkyl halides is 2. The predicted molar refractivity (Wildman–Crippen MR) is 182 cm³/mol. The maximum atomic E-state index is 14.1. The Labute approximate surface area is 291 Å². The highest BCUT2D eigenvalue weighted by molar-refractivity contribution is 6.06. The van der Waals surface area contributed by atoms with Gasteiger partial charge in [-0.05, 0) is 56.0 Å². The SMILES string of the molecule is Cc1cnc(C#Cc2cnc(O[C@H]3C[C@@H](C(=O)O)N(c4nc(C(F)F)nc5c4oc4ccccc45)C3)c(N3CCOC4(COC4)[C@@H]3C)c2)c(C)c1. The number of aliphatic carboxylic acids is 1. The summed E-state index contributed by atoms with van der Waals surface area (Å²) < 4.78 is 52.5. The molecule has 5 aromatic rings. The van der Waals surface area contributed by atoms with E-state index in [1.54, 1.807) is 36.7 Å². The van der Waals surface area contributed by atoms with Gasteiger partial charge in [-0.1, -0.05) is 24.1 Å². The Morgan fingerprint density at radius 3 is 2.67 bits per heavy atom. The van der Waals surface area contributed by atoms with Crippen LogP contribution in [0.2, 0.25) is 0 Å². The van der Waals surface area contributed by atoms with E-state index in [0.717, 1.165) is 11.1 Å². The van der Waals surface area contributed by atoms with Crippen molar-refractivity contribution in [2.45, 2.75) is 57.4 Å². The van der Waals surface area contributed by atoms with E-state index in [0.29, 0.717) is 54.3 Å². The highest BCUT2D eigenvalue weighted by Crippen LogP contribution is 2.41. The Morgan fingerprint density at radius 2 is 1.92 bits per heavy atom. The van der Waals surface area contributed by atoms with Gasteiger partial charge in [0.1, 0.15) is 40.2 Å². The average Bonchev–Trinajstić information content (AvgIpc) is 3.69. The van der Waals surface area contributed by atoms with Crippen LogP contribution in [0.1, 0.15) is 48.0 Å². The van der Waals surface area contributed by atoms with E-state index in [1.165, 1.54) is 4.90 Å². The lowest BCUT2D eigenvalue weighted by Gasteiger charge is -2.53. The van der Waals surface area contributed by atoms with Crippen LogP contribution in [0.25, 0.3) is 22.1 Å². The molecule has 0 saturated carbocycles. The fraction of sp³-hybridized carbons (Fsp3) is 0.378. The number of ether oxygens (including phenoxy) is 3. The van der Waals surface area contributed by atoms with Gasteiger partial charge in [-0.3, -0.25) is 0 Å². The summed E-state index contributed by atoms with van der Waals surface area (Å²) in [4.78, 5) is 33.7. The van der Waals surface area contributed by atoms with Crippen LogP contribution in [-0.2, 0) is 14.3 Å². The maximum absolute atomic E-state index is 14.1. The fourth-order valence-corrected chi connectivity index (χ4v) is 7.08. The van der Waals surface area contributed by atoms with E-state index in [4.69, 9.17) is 23.6 Å². The number of anilines is 2. The number of pyridine rings is 2. The molecule has 3 saturated heterocycles. The van der Waals surface area contributed by atoms with Gasteiger partial charge in [-0.25, -0.2) is 33.5 Å². The first kappa shape index (κ1) is 32.8. The minimum absolute atomic E-state index is 0.0142. The molecule has 3 aliphatic heterocycles. The van der Waals surface area contributed by atoms with Gasteiger partial charge in [0, 0.05) is 36.3 Å². The largest absolute Gasteiger partial charge is 0.480 e. The van der Waals surface area contributed by atoms with Crippen molar-refractivity contribution in [3.05, 3.63) is 77.0 Å². The van der Waals surface area contributed by atoms with Crippen LogP contribution in [0.5, 0.6) is 5.88 Å². The van der Waals surface area contributed by atoms with Crippen LogP contribution >= 0.6 is 0 Å². The lowest BCUT2D eigenvalue weighted by Crippen LogP contribution is -2.68. The number of aromatic nitrogens is 4. The number of fused-ring (bicyclic) bond motifs is 3. The molecule has 0 radical (unpaired) electrons. The number of aryl methyl sites for hydroxylation is 2. The van der Waals surface area contributed by atoms with Crippen LogP contribution in [0, 0.1) is 25.7 Å². The Bertz CT molecular complexity index is 2230. The van der Waals surface area contributed by atoms with Crippen molar-refractivity contribution in [1.29, 1.82) is 0 Å². The first-order valence-electron chi connectivity index (χ1n) is 16.7. The van der Waals surface area contributed by atoms with Gasteiger partial charge in [0.25, 0.3) is 6.43 Å². The van der Waals surface area contributed by atoms with E-state index in [9.17, 15) is 18.7 Å². The molecule has 4 aromatic heterocycles. The Morgan fingerprint density at radius 1 is 1.10 bits per heavy atom. The molecule has 12 nitrogen and oxygen atoms in total. The molecule has 262 valence electrons. The van der Waals surface area contributed by atoms with Gasteiger partial charge < -0.3 is 33.5 Å². The van der Waals surface area contributed by atoms with Gasteiger partial charge in [-0.2, -0.15) is 0 Å². The maximum Gasteiger partial charge on any atom is 0.326 e. The Hall–Kier alpha value is -5.39. The van der Waals surface area contributed by atoms with Gasteiger partial charge in [0.05, 0.1) is 32.4 Å². The molecule has 1 aromatic carbocycles. The minimum Gasteiger partial charge on any atom is -0.480 e. The van der Waals surface area contributed by atoms with E-state index in [2.05, 4.69) is 38.6 Å². The average molecular weight is 697 g/mol. The minimum atomic E-state index is -2.99. The van der Waals surface area contributed by atoms with Gasteiger partial charge in [0.15, 0.2) is 17.2 Å². The second-order valence-corrected chi connectivity index (χ2v) is 13.2. The standard InChI is InChI=1S/C37H34F2N6O6/c1-20-12-21(2)26(40-15-20)9-8-23-13-27(44-10-11-49-37(22(44)3)18-48-19-37)35(41-16-23)50-24-14-28(36(46)47)45(17-24)34-31-30(42-33(43-34)32(38)39)25-6-4-5-7-29(25)51-31/h4-7,12-13,15-16,22,24,28,32H,10-11,14,17-19H2,1-3H3,(H,46,47)/t22-,24-,28-/m0/s1. The zero-order valence-electron chi connectivity index (χ0n) is 28.1. The summed E-state index contributed by atoms with van der Waals surface area (Å²) in [5, 5.41) is 10.9. The molecule has 1 N–H and O–H groups in total. The van der Waals surface area contributed by atoms with Crippen molar-refractivity contribution in [1.82, 2.24) is 19.9 Å². The lowest BCUT2D eigenvalue weighted by atomic mass is 9.90. The number of morpholine rings is 1. The third kappa shape index (κ3) is 5.86. The van der Waals surface area contributed by atoms with Crippen molar-refractivity contribution < 1.29 is 37.3 Å². The number of halogens is 2. The van der Waals surface area contributed by atoms with E-state index in [1.807, 2.05) is 26.0 Å². The number of rotatable bonds is 6. The second kappa shape index (κ2) is 12.7. The van der Waals surface area contributed by atoms with Crippen molar-refractivity contribution >= 4 is 39.5 Å². The van der Waals surface area contributed by atoms with E-state index >= 15 is 0 Å². The number of carboxylic acids is 1. The summed E-state index contributed by atoms with van der Waals surface area (Å²) in [5.74, 6) is 4.73. The first-order valence-corrected chi connectivity index (χ1v) is 16.7. The lowest BCUT2D eigenvalue weighted by molar-refractivity contribution is -0.228. The topological polar surface area (TPSA) is 136 Å². The van der Waals surface area contributed by atoms with Crippen molar-refractivity contribution in [3.8, 4) is 17.7 Å². The fourth-order valence-electron chi connectivity index (χ4n) is 7.08. The number of hydrogen-bond donors (Lipinski definition) is 1. The molecule has 0 amide bonds. The molecule has 0 bridgehead atoms. The summed E-state index contributed by atoms with van der Waals surface area (Å²) in [6.45, 7) is 7.94. The molecule has 3 fully saturated rings. The Balaban J connectivity index is 1.16. The molecule has 3 atom stereocenters. The van der Waals surface area contributed by atoms with Crippen LogP contribution in [0.15, 0.2) is 53.2 Å². The number of nitrogens with zero attached hydrogens (tertiary/aromatic N) is 6. The van der Waals surface area contributed by atoms with Crippen LogP contribution in [-0.4, -0.2) is 87.7 Å². The smallest absolute Gasteiger partial charge is 0.326 e. The number of furan rings is 1. The summed E-state index contributed by atoms with van der Waals surface area (Å²) in [5.41, 5.74) is 4.24. The molecule has 7 heterocycles. The number of para-hydroxylation sites is 1. The summed E-state index contributed by atoms with van der Waals surface area (Å²) in [6.07, 6.45) is -0.268. The first-order chi connectivity index (χ1) is 24.6. The molecule has 51 heavy (non-hydrogen) atoms. The Kier molecular flexibility index (Phi) is 8.19. The summed E-state index contributed by atoms with van der Waals surface area (Å²) >= 11 is 0. The number of benzene rings is 1. The molecule has 3 aliphatic rings. The predicted octanol–water partition coefficient (Wildman–Crippen LogP) is 5.23. The summed E-state index contributed by atoms with van der Waals surface area (Å²) in [7, 11) is 0. The number of carbonyl (C=O) groups is 1. The molecule has 14 heteroatoms. The molecule has 8 rings (SSSR count). The third-order valence-corrected chi connectivity index (χ3v) is 9.84. The highest BCUT2D eigenvalue weighted by Gasteiger charge is 2.50. The second-order valence-electron chi connectivity index (χ2n) is 13.2. The monoisotopic (exact) mass is 696 g/mol. The van der Waals surface area contributed by atoms with Gasteiger partial charge in [-0.15, -0.1) is 0 Å². The van der Waals surface area contributed by atoms with Crippen molar-refractivity contribution in [2.24, 2.45) is 0 Å². The van der Waals surface area contributed by atoms with Crippen LogP contribution in [0.4, 0.5) is 20.3 Å². The zero-order valence-corrected chi connectivity index (χ0v) is 28.1. The van der Waals surface area contributed by atoms with Gasteiger partial charge >= 0.3 is 5.97 Å². The number of hydrogen-bond acceptors (Lipinski definition) is 11. The van der Waals surface area contributed by atoms with Crippen molar-refractivity contribution in [2.75, 3.05) is 42.7 Å². The normalized spacial score (nSPS) is 21.3. The van der Waals surface area contributed by atoms with Crippen LogP contribution < -0.4 is 14.5 Å². The van der Waals surface area contributed by atoms with E-state index in [-0.39, 0.29) is 41.8 Å². The highest BCUT2D eigenvalue weighted by atomic mass is 19.3. The number of carboxylic acid groups (broad SMARTS) is 1. The van der Waals surface area contributed by atoms with Gasteiger partial charge in [0.2, 0.25) is 5.88 Å². The van der Waals surface area contributed by atoms with E-state index < -0.39 is 36.0 Å².